The van der Waals surface area contributed by atoms with Crippen molar-refractivity contribution in [2.24, 2.45) is 0 Å². The number of carbonyl (C=O) groups is 1. The van der Waals surface area contributed by atoms with Crippen LogP contribution < -0.4 is 4.74 Å². The highest BCUT2D eigenvalue weighted by Gasteiger charge is 2.29. The smallest absolute Gasteiger partial charge is 0.159 e. The first-order valence-electron chi connectivity index (χ1n) is 7.13. The molecule has 2 aromatic rings. The van der Waals surface area contributed by atoms with Crippen LogP contribution >= 0.6 is 0 Å². The van der Waals surface area contributed by atoms with Crippen LogP contribution in [0.4, 0.5) is 0 Å². The number of ether oxygens (including phenoxy) is 1. The van der Waals surface area contributed by atoms with Crippen LogP contribution in [0.3, 0.4) is 0 Å². The molecule has 100 valence electrons. The number of ketones is 1. The zero-order valence-electron chi connectivity index (χ0n) is 11.5. The third kappa shape index (κ3) is 1.54. The lowest BCUT2D eigenvalue weighted by Crippen LogP contribution is -2.06. The minimum atomic E-state index is 0.358. The van der Waals surface area contributed by atoms with E-state index in [9.17, 15) is 4.79 Å². The fourth-order valence-electron chi connectivity index (χ4n) is 3.59. The molecule has 0 heterocycles. The Hall–Kier alpha value is -2.09. The second kappa shape index (κ2) is 4.20. The van der Waals surface area contributed by atoms with E-state index in [1.54, 1.807) is 7.11 Å². The highest BCUT2D eigenvalue weighted by molar-refractivity contribution is 6.09. The van der Waals surface area contributed by atoms with Gasteiger partial charge in [-0.3, -0.25) is 4.79 Å². The van der Waals surface area contributed by atoms with E-state index in [1.165, 1.54) is 27.5 Å². The predicted octanol–water partition coefficient (Wildman–Crippen LogP) is 3.91. The highest BCUT2D eigenvalue weighted by Crippen LogP contribution is 2.42. The summed E-state index contributed by atoms with van der Waals surface area (Å²) in [5, 5.41) is 2.52. The Labute approximate surface area is 118 Å². The van der Waals surface area contributed by atoms with Gasteiger partial charge in [0.05, 0.1) is 7.11 Å². The van der Waals surface area contributed by atoms with E-state index in [0.717, 1.165) is 30.6 Å². The maximum absolute atomic E-state index is 11.9. The summed E-state index contributed by atoms with van der Waals surface area (Å²) in [4.78, 5) is 11.9. The number of allylic oxidation sites excluding steroid dienone is 2. The zero-order chi connectivity index (χ0) is 13.7. The van der Waals surface area contributed by atoms with Crippen molar-refractivity contribution in [3.8, 4) is 5.75 Å². The van der Waals surface area contributed by atoms with Gasteiger partial charge in [-0.15, -0.1) is 0 Å². The number of benzene rings is 2. The van der Waals surface area contributed by atoms with Crippen LogP contribution in [-0.2, 0) is 11.2 Å². The fraction of sp³-hybridized carbons (Fsp3) is 0.278. The van der Waals surface area contributed by atoms with Crippen molar-refractivity contribution >= 4 is 22.1 Å². The minimum absolute atomic E-state index is 0.358. The molecule has 0 saturated heterocycles. The van der Waals surface area contributed by atoms with Gasteiger partial charge < -0.3 is 4.74 Å². The Bertz CT molecular complexity index is 768. The van der Waals surface area contributed by atoms with Crippen molar-refractivity contribution in [3.63, 3.8) is 0 Å². The first-order chi connectivity index (χ1) is 9.78. The van der Waals surface area contributed by atoms with Gasteiger partial charge >= 0.3 is 0 Å². The molecule has 4 rings (SSSR count). The number of rotatable bonds is 1. The first kappa shape index (κ1) is 11.7. The molecule has 2 aliphatic rings. The van der Waals surface area contributed by atoms with Crippen molar-refractivity contribution in [2.45, 2.75) is 25.7 Å². The van der Waals surface area contributed by atoms with Crippen molar-refractivity contribution in [1.82, 2.24) is 0 Å². The van der Waals surface area contributed by atoms with Gasteiger partial charge in [0.1, 0.15) is 5.75 Å². The largest absolute Gasteiger partial charge is 0.497 e. The number of aryl methyl sites for hydroxylation is 1. The first-order valence-corrected chi connectivity index (χ1v) is 7.13. The minimum Gasteiger partial charge on any atom is -0.497 e. The van der Waals surface area contributed by atoms with Gasteiger partial charge in [0.2, 0.25) is 0 Å². The number of fused-ring (bicyclic) bond motifs is 4. The van der Waals surface area contributed by atoms with Crippen LogP contribution in [0.15, 0.2) is 35.9 Å². The Morgan fingerprint density at radius 3 is 2.60 bits per heavy atom. The molecule has 2 aromatic carbocycles. The molecular formula is C18H16O2. The van der Waals surface area contributed by atoms with Crippen molar-refractivity contribution in [2.75, 3.05) is 7.11 Å². The van der Waals surface area contributed by atoms with Gasteiger partial charge in [0, 0.05) is 6.42 Å². The molecule has 0 aliphatic heterocycles. The summed E-state index contributed by atoms with van der Waals surface area (Å²) in [6, 6.07) is 10.6. The molecule has 0 fully saturated rings. The van der Waals surface area contributed by atoms with Gasteiger partial charge in [0.15, 0.2) is 5.78 Å². The third-order valence-electron chi connectivity index (χ3n) is 4.59. The van der Waals surface area contributed by atoms with Crippen LogP contribution in [0, 0.1) is 0 Å². The molecule has 0 unspecified atom stereocenters. The van der Waals surface area contributed by atoms with Gasteiger partial charge in [-0.25, -0.2) is 0 Å². The lowest BCUT2D eigenvalue weighted by Gasteiger charge is -2.20. The molecule has 2 heteroatoms. The fourth-order valence-corrected chi connectivity index (χ4v) is 3.59. The standard InChI is InChI=1S/C18H16O2/c1-20-12-4-2-11-3-5-13-14-8-9-18(19)16(14)7-6-15(13)17(11)10-12/h2-5,10H,6-9H2,1H3. The van der Waals surface area contributed by atoms with Crippen LogP contribution in [0.5, 0.6) is 5.75 Å². The molecule has 0 saturated carbocycles. The van der Waals surface area contributed by atoms with Crippen LogP contribution in [-0.4, -0.2) is 12.9 Å². The molecule has 0 spiro atoms. The Morgan fingerprint density at radius 2 is 1.75 bits per heavy atom. The number of hydrogen-bond donors (Lipinski definition) is 0. The summed E-state index contributed by atoms with van der Waals surface area (Å²) in [5.41, 5.74) is 5.05. The van der Waals surface area contributed by atoms with Gasteiger partial charge in [0.25, 0.3) is 0 Å². The molecule has 0 atom stereocenters. The number of carbonyl (C=O) groups excluding carboxylic acids is 1. The summed E-state index contributed by atoms with van der Waals surface area (Å²) < 4.78 is 5.35. The molecule has 0 N–H and O–H groups in total. The van der Waals surface area contributed by atoms with E-state index >= 15 is 0 Å². The van der Waals surface area contributed by atoms with E-state index in [2.05, 4.69) is 24.3 Å². The van der Waals surface area contributed by atoms with Gasteiger partial charge in [-0.2, -0.15) is 0 Å². The summed E-state index contributed by atoms with van der Waals surface area (Å²) in [7, 11) is 1.70. The van der Waals surface area contributed by atoms with Gasteiger partial charge in [-0.05, 0) is 64.4 Å². The quantitative estimate of drug-likeness (QED) is 0.780. The summed E-state index contributed by atoms with van der Waals surface area (Å²) in [5.74, 6) is 1.25. The lowest BCUT2D eigenvalue weighted by atomic mass is 9.84. The number of methoxy groups -OCH3 is 1. The van der Waals surface area contributed by atoms with Crippen LogP contribution in [0.25, 0.3) is 16.3 Å². The SMILES string of the molecule is COc1ccc2ccc3c(c2c1)CCC1=C3CCC1=O. The second-order valence-corrected chi connectivity index (χ2v) is 5.56. The van der Waals surface area contributed by atoms with Crippen molar-refractivity contribution in [3.05, 3.63) is 47.0 Å². The maximum Gasteiger partial charge on any atom is 0.159 e. The molecule has 2 nitrogen and oxygen atoms in total. The van der Waals surface area contributed by atoms with Gasteiger partial charge in [-0.1, -0.05) is 18.2 Å². The van der Waals surface area contributed by atoms with E-state index in [-0.39, 0.29) is 0 Å². The van der Waals surface area contributed by atoms with Crippen molar-refractivity contribution in [1.29, 1.82) is 0 Å². The van der Waals surface area contributed by atoms with Crippen LogP contribution in [0.2, 0.25) is 0 Å². The molecule has 0 amide bonds. The average molecular weight is 264 g/mol. The van der Waals surface area contributed by atoms with Crippen LogP contribution in [0.1, 0.15) is 30.4 Å². The molecule has 0 bridgehead atoms. The lowest BCUT2D eigenvalue weighted by molar-refractivity contribution is -0.115. The molecule has 0 aromatic heterocycles. The van der Waals surface area contributed by atoms with Crippen molar-refractivity contribution < 1.29 is 9.53 Å². The molecule has 20 heavy (non-hydrogen) atoms. The van der Waals surface area contributed by atoms with E-state index in [4.69, 9.17) is 4.74 Å². The normalized spacial score (nSPS) is 17.4. The molecule has 2 aliphatic carbocycles. The van der Waals surface area contributed by atoms with E-state index in [0.29, 0.717) is 12.2 Å². The third-order valence-corrected chi connectivity index (χ3v) is 4.59. The topological polar surface area (TPSA) is 26.3 Å². The zero-order valence-corrected chi connectivity index (χ0v) is 11.5. The Balaban J connectivity index is 1.99. The summed E-state index contributed by atoms with van der Waals surface area (Å²) >= 11 is 0. The predicted molar refractivity (Wildman–Crippen MR) is 80.0 cm³/mol. The van der Waals surface area contributed by atoms with E-state index < -0.39 is 0 Å². The Morgan fingerprint density at radius 1 is 0.950 bits per heavy atom. The van der Waals surface area contributed by atoms with E-state index in [1.807, 2.05) is 6.07 Å². The molecular weight excluding hydrogens is 248 g/mol. The average Bonchev–Trinajstić information content (AvgIpc) is 2.88. The highest BCUT2D eigenvalue weighted by atomic mass is 16.5. The number of hydrogen-bond acceptors (Lipinski definition) is 2. The summed E-state index contributed by atoms with van der Waals surface area (Å²) in [6.07, 6.45) is 3.47. The molecule has 0 radical (unpaired) electrons. The number of Topliss-reactive ketones (excluding diaryl/α,β-unsaturated/α-hetero) is 1. The summed E-state index contributed by atoms with van der Waals surface area (Å²) in [6.45, 7) is 0. The Kier molecular flexibility index (Phi) is 2.46. The monoisotopic (exact) mass is 264 g/mol. The maximum atomic E-state index is 11.9. The second-order valence-electron chi connectivity index (χ2n) is 5.56.